The number of hydrogen-bond acceptors (Lipinski definition) is 8. The monoisotopic (exact) mass is 576 g/mol. The van der Waals surface area contributed by atoms with Gasteiger partial charge in [-0.1, -0.05) is 70.1 Å². The highest BCUT2D eigenvalue weighted by Gasteiger charge is 2.43. The number of amides is 2. The molecule has 2 saturated heterocycles. The van der Waals surface area contributed by atoms with Gasteiger partial charge in [0, 0.05) is 42.3 Å². The van der Waals surface area contributed by atoms with Crippen LogP contribution in [-0.2, 0) is 25.5 Å². The molecule has 0 spiro atoms. The predicted octanol–water partition coefficient (Wildman–Crippen LogP) is 4.10. The van der Waals surface area contributed by atoms with Gasteiger partial charge in [-0.05, 0) is 24.5 Å². The number of phenolic OH excluding ortho intramolecular Hbond substituents is 1. The highest BCUT2D eigenvalue weighted by atomic mass is 33.1. The first kappa shape index (κ1) is 28.7. The maximum atomic E-state index is 13.5. The van der Waals surface area contributed by atoms with Crippen molar-refractivity contribution in [2.75, 3.05) is 23.9 Å². The Labute approximate surface area is 234 Å². The molecule has 2 heterocycles. The number of aliphatic carboxylic acids is 1. The van der Waals surface area contributed by atoms with Crippen molar-refractivity contribution >= 4 is 51.1 Å². The lowest BCUT2D eigenvalue weighted by molar-refractivity contribution is -0.144. The number of phenols is 1. The van der Waals surface area contributed by atoms with Gasteiger partial charge >= 0.3 is 5.97 Å². The maximum Gasteiger partial charge on any atom is 0.326 e. The lowest BCUT2D eigenvalue weighted by Crippen LogP contribution is -2.52. The van der Waals surface area contributed by atoms with E-state index >= 15 is 0 Å². The van der Waals surface area contributed by atoms with Crippen molar-refractivity contribution in [2.24, 2.45) is 0 Å². The SMILES string of the molecule is O=C(O)C(Cc1ccccc1)NC(=O)C1CSC(c2ccccc2O)N1C(=O)CCSSCC1CCCO1. The summed E-state index contributed by atoms with van der Waals surface area (Å²) in [5, 5.41) is 22.4. The van der Waals surface area contributed by atoms with Crippen LogP contribution in [0.4, 0.5) is 0 Å². The smallest absolute Gasteiger partial charge is 0.326 e. The first-order valence-corrected chi connectivity index (χ1v) is 16.1. The van der Waals surface area contributed by atoms with Gasteiger partial charge in [-0.25, -0.2) is 4.79 Å². The van der Waals surface area contributed by atoms with Gasteiger partial charge in [-0.15, -0.1) is 11.8 Å². The number of carboxylic acids is 1. The highest BCUT2D eigenvalue weighted by Crippen LogP contribution is 2.45. The molecular formula is C27H32N2O6S3. The molecule has 4 unspecified atom stereocenters. The van der Waals surface area contributed by atoms with E-state index in [-0.39, 0.29) is 30.6 Å². The van der Waals surface area contributed by atoms with Crippen molar-refractivity contribution in [3.8, 4) is 5.75 Å². The van der Waals surface area contributed by atoms with Gasteiger partial charge in [0.05, 0.1) is 6.10 Å². The van der Waals surface area contributed by atoms with Crippen LogP contribution in [0.5, 0.6) is 5.75 Å². The summed E-state index contributed by atoms with van der Waals surface area (Å²) in [5.41, 5.74) is 1.35. The number of benzene rings is 2. The Morgan fingerprint density at radius 1 is 1.11 bits per heavy atom. The average molecular weight is 577 g/mol. The molecule has 2 amide bonds. The number of carbonyl (C=O) groups excluding carboxylic acids is 2. The summed E-state index contributed by atoms with van der Waals surface area (Å²) in [7, 11) is 3.29. The zero-order valence-electron chi connectivity index (χ0n) is 20.9. The van der Waals surface area contributed by atoms with E-state index in [4.69, 9.17) is 4.74 Å². The largest absolute Gasteiger partial charge is 0.508 e. The standard InChI is InChI=1S/C27H32N2O6S3/c30-23-11-5-4-10-20(23)26-29(24(31)12-14-37-38-16-19-9-6-13-35-19)22(17-36-26)25(32)28-21(27(33)34)15-18-7-2-1-3-8-18/h1-5,7-8,10-11,19,21-22,26,30H,6,9,12-17H2,(H,28,32)(H,33,34). The van der Waals surface area contributed by atoms with Crippen LogP contribution in [0.25, 0.3) is 0 Å². The molecule has 0 bridgehead atoms. The van der Waals surface area contributed by atoms with Gasteiger partial charge in [-0.3, -0.25) is 9.59 Å². The predicted molar refractivity (Wildman–Crippen MR) is 152 cm³/mol. The topological polar surface area (TPSA) is 116 Å². The molecule has 8 nitrogen and oxygen atoms in total. The molecular weight excluding hydrogens is 545 g/mol. The van der Waals surface area contributed by atoms with Crippen LogP contribution >= 0.6 is 33.3 Å². The molecule has 4 rings (SSSR count). The lowest BCUT2D eigenvalue weighted by Gasteiger charge is -2.30. The molecule has 0 saturated carbocycles. The van der Waals surface area contributed by atoms with E-state index in [9.17, 15) is 24.6 Å². The Morgan fingerprint density at radius 2 is 1.87 bits per heavy atom. The van der Waals surface area contributed by atoms with E-state index in [1.54, 1.807) is 45.9 Å². The van der Waals surface area contributed by atoms with E-state index < -0.39 is 29.3 Å². The Hall–Kier alpha value is -2.34. The molecule has 0 aromatic heterocycles. The lowest BCUT2D eigenvalue weighted by atomic mass is 10.1. The van der Waals surface area contributed by atoms with Gasteiger partial charge in [0.15, 0.2) is 0 Å². The number of rotatable bonds is 12. The summed E-state index contributed by atoms with van der Waals surface area (Å²) in [4.78, 5) is 40.3. The zero-order valence-corrected chi connectivity index (χ0v) is 23.3. The summed E-state index contributed by atoms with van der Waals surface area (Å²) < 4.78 is 5.64. The number of nitrogens with one attached hydrogen (secondary N) is 1. The number of thioether (sulfide) groups is 1. The van der Waals surface area contributed by atoms with Crippen molar-refractivity contribution in [1.82, 2.24) is 10.2 Å². The fourth-order valence-corrected chi connectivity index (χ4v) is 8.20. The number of carbonyl (C=O) groups is 3. The van der Waals surface area contributed by atoms with Gasteiger partial charge in [0.25, 0.3) is 0 Å². The minimum Gasteiger partial charge on any atom is -0.508 e. The van der Waals surface area contributed by atoms with E-state index in [1.165, 1.54) is 16.7 Å². The molecule has 4 atom stereocenters. The van der Waals surface area contributed by atoms with Gasteiger partial charge < -0.3 is 25.2 Å². The number of nitrogens with zero attached hydrogens (tertiary/aromatic N) is 1. The summed E-state index contributed by atoms with van der Waals surface area (Å²) in [6, 6.07) is 13.9. The van der Waals surface area contributed by atoms with Crippen LogP contribution in [0.15, 0.2) is 54.6 Å². The van der Waals surface area contributed by atoms with Crippen molar-refractivity contribution in [3.05, 3.63) is 65.7 Å². The third-order valence-corrected chi connectivity index (χ3v) is 10.2. The second kappa shape index (κ2) is 14.2. The van der Waals surface area contributed by atoms with Crippen LogP contribution in [0.2, 0.25) is 0 Å². The van der Waals surface area contributed by atoms with Gasteiger partial charge in [0.2, 0.25) is 11.8 Å². The molecule has 2 aromatic rings. The maximum absolute atomic E-state index is 13.5. The molecule has 0 aliphatic carbocycles. The van der Waals surface area contributed by atoms with Crippen LogP contribution in [0.1, 0.15) is 35.8 Å². The average Bonchev–Trinajstić information content (AvgIpc) is 3.59. The summed E-state index contributed by atoms with van der Waals surface area (Å²) in [6.07, 6.45) is 2.79. The molecule has 2 aromatic carbocycles. The van der Waals surface area contributed by atoms with E-state index in [0.717, 1.165) is 30.8 Å². The quantitative estimate of drug-likeness (QED) is 0.254. The first-order valence-electron chi connectivity index (χ1n) is 12.6. The van der Waals surface area contributed by atoms with E-state index in [1.807, 2.05) is 30.3 Å². The van der Waals surface area contributed by atoms with Gasteiger partial charge in [-0.2, -0.15) is 0 Å². The fraction of sp³-hybridized carbons (Fsp3) is 0.444. The molecule has 0 radical (unpaired) electrons. The molecule has 11 heteroatoms. The summed E-state index contributed by atoms with van der Waals surface area (Å²) in [6.45, 7) is 0.812. The first-order chi connectivity index (χ1) is 18.4. The second-order valence-electron chi connectivity index (χ2n) is 9.14. The highest BCUT2D eigenvalue weighted by molar-refractivity contribution is 8.76. The van der Waals surface area contributed by atoms with Crippen LogP contribution < -0.4 is 5.32 Å². The third kappa shape index (κ3) is 7.62. The molecule has 2 aliphatic rings. The van der Waals surface area contributed by atoms with Crippen molar-refractivity contribution in [3.63, 3.8) is 0 Å². The number of para-hydroxylation sites is 1. The molecule has 38 heavy (non-hydrogen) atoms. The minimum atomic E-state index is -1.14. The number of ether oxygens (including phenoxy) is 1. The molecule has 2 aliphatic heterocycles. The number of carboxylic acid groups (broad SMARTS) is 1. The second-order valence-corrected chi connectivity index (χ2v) is 12.9. The Bertz CT molecular complexity index is 1100. The molecule has 2 fully saturated rings. The minimum absolute atomic E-state index is 0.0536. The Kier molecular flexibility index (Phi) is 10.7. The van der Waals surface area contributed by atoms with Crippen LogP contribution in [0.3, 0.4) is 0 Å². The van der Waals surface area contributed by atoms with Gasteiger partial charge in [0.1, 0.15) is 23.2 Å². The summed E-state index contributed by atoms with van der Waals surface area (Å²) in [5.74, 6) is -0.0428. The van der Waals surface area contributed by atoms with Crippen molar-refractivity contribution in [2.45, 2.75) is 49.2 Å². The number of hydrogen-bond donors (Lipinski definition) is 3. The van der Waals surface area contributed by atoms with Crippen molar-refractivity contribution < 1.29 is 29.3 Å². The van der Waals surface area contributed by atoms with E-state index in [2.05, 4.69) is 5.32 Å². The molecule has 204 valence electrons. The summed E-state index contributed by atoms with van der Waals surface area (Å²) >= 11 is 1.39. The molecule has 3 N–H and O–H groups in total. The van der Waals surface area contributed by atoms with Crippen LogP contribution in [-0.4, -0.2) is 74.9 Å². The van der Waals surface area contributed by atoms with E-state index in [0.29, 0.717) is 17.1 Å². The number of aromatic hydroxyl groups is 1. The Morgan fingerprint density at radius 3 is 2.58 bits per heavy atom. The normalized spacial score (nSPS) is 21.8. The zero-order chi connectivity index (χ0) is 26.9. The van der Waals surface area contributed by atoms with Crippen LogP contribution in [0, 0.1) is 0 Å². The fourth-order valence-electron chi connectivity index (χ4n) is 4.48. The Balaban J connectivity index is 1.43. The van der Waals surface area contributed by atoms with Crippen molar-refractivity contribution in [1.29, 1.82) is 0 Å². The third-order valence-electron chi connectivity index (χ3n) is 6.45.